The van der Waals surface area contributed by atoms with Gasteiger partial charge in [-0.05, 0) is 30.8 Å². The highest BCUT2D eigenvalue weighted by Gasteiger charge is 2.27. The van der Waals surface area contributed by atoms with E-state index < -0.39 is 0 Å². The van der Waals surface area contributed by atoms with Crippen molar-refractivity contribution in [2.45, 2.75) is 6.42 Å². The minimum absolute atomic E-state index is 0.563. The van der Waals surface area contributed by atoms with Crippen LogP contribution >= 0.6 is 11.6 Å². The van der Waals surface area contributed by atoms with Crippen LogP contribution < -0.4 is 10.2 Å². The van der Waals surface area contributed by atoms with Crippen molar-refractivity contribution in [1.82, 2.24) is 14.5 Å². The summed E-state index contributed by atoms with van der Waals surface area (Å²) in [6, 6.07) is 15.6. The molecule has 27 heavy (non-hydrogen) atoms. The lowest BCUT2D eigenvalue weighted by Crippen LogP contribution is -2.43. The van der Waals surface area contributed by atoms with Gasteiger partial charge in [0.25, 0.3) is 0 Å². The lowest BCUT2D eigenvalue weighted by Gasteiger charge is -2.29. The summed E-state index contributed by atoms with van der Waals surface area (Å²) in [5.74, 6) is 2.09. The van der Waals surface area contributed by atoms with Crippen molar-refractivity contribution in [3.8, 4) is 11.6 Å². The van der Waals surface area contributed by atoms with Crippen molar-refractivity contribution in [1.29, 1.82) is 0 Å². The first-order chi connectivity index (χ1) is 13.0. The molecular weight excluding hydrogens is 360 g/mol. The molecule has 0 amide bonds. The van der Waals surface area contributed by atoms with Crippen LogP contribution in [0.25, 0.3) is 33.5 Å². The highest BCUT2D eigenvalue weighted by Crippen LogP contribution is 2.35. The molecule has 2 N–H and O–H groups in total. The largest absolute Gasteiger partial charge is 0.453 e. The number of quaternary nitrogens is 1. The van der Waals surface area contributed by atoms with Gasteiger partial charge in [0.1, 0.15) is 11.0 Å². The summed E-state index contributed by atoms with van der Waals surface area (Å²) in [5.41, 5.74) is 7.36. The van der Waals surface area contributed by atoms with Crippen molar-refractivity contribution < 1.29 is 4.42 Å². The van der Waals surface area contributed by atoms with Gasteiger partial charge in [-0.1, -0.05) is 35.9 Å². The summed E-state index contributed by atoms with van der Waals surface area (Å²) in [5, 5.41) is 2.55. The Morgan fingerprint density at radius 1 is 1.07 bits per heavy atom. The normalized spacial score (nSPS) is 12.1. The van der Waals surface area contributed by atoms with Gasteiger partial charge in [0.15, 0.2) is 5.76 Å². The molecule has 0 radical (unpaired) electrons. The number of hydrogen-bond acceptors (Lipinski definition) is 4. The van der Waals surface area contributed by atoms with Crippen molar-refractivity contribution in [2.24, 2.45) is 5.73 Å². The predicted molar refractivity (Wildman–Crippen MR) is 112 cm³/mol. The average Bonchev–Trinajstić information content (AvgIpc) is 3.10. The van der Waals surface area contributed by atoms with Crippen molar-refractivity contribution >= 4 is 39.3 Å². The molecule has 0 bridgehead atoms. The van der Waals surface area contributed by atoms with Crippen LogP contribution in [0.4, 0.5) is 5.82 Å². The Bertz CT molecular complexity index is 1090. The Labute approximate surface area is 163 Å². The van der Waals surface area contributed by atoms with Crippen LogP contribution in [-0.4, -0.2) is 37.2 Å². The average molecular weight is 382 g/mol. The summed E-state index contributed by atoms with van der Waals surface area (Å²) in [6.07, 6.45) is 0.892. The van der Waals surface area contributed by atoms with E-state index in [1.165, 1.54) is 0 Å². The SMILES string of the molecule is C[N+](C)(CCCN)c1nc(-c2cc3ccccc3o2)nc2cccc(Cl)c12. The molecule has 4 aromatic rings. The molecule has 0 saturated carbocycles. The van der Waals surface area contributed by atoms with Gasteiger partial charge in [-0.15, -0.1) is 0 Å². The van der Waals surface area contributed by atoms with E-state index in [1.807, 2.05) is 48.5 Å². The van der Waals surface area contributed by atoms with Gasteiger partial charge in [-0.2, -0.15) is 4.98 Å². The van der Waals surface area contributed by atoms with Crippen molar-refractivity contribution in [3.05, 3.63) is 53.6 Å². The Morgan fingerprint density at radius 3 is 2.67 bits per heavy atom. The third-order valence-corrected chi connectivity index (χ3v) is 5.11. The molecule has 0 aliphatic carbocycles. The van der Waals surface area contributed by atoms with Gasteiger partial charge in [-0.25, -0.2) is 4.98 Å². The number of fused-ring (bicyclic) bond motifs is 2. The quantitative estimate of drug-likeness (QED) is 0.512. The lowest BCUT2D eigenvalue weighted by atomic mass is 10.2. The third-order valence-electron chi connectivity index (χ3n) is 4.79. The third kappa shape index (κ3) is 3.30. The van der Waals surface area contributed by atoms with Gasteiger partial charge in [0, 0.05) is 11.8 Å². The number of nitrogens with two attached hydrogens (primary N) is 1. The smallest absolute Gasteiger partial charge is 0.240 e. The topological polar surface area (TPSA) is 64.9 Å². The molecule has 2 aromatic carbocycles. The molecule has 5 nitrogen and oxygen atoms in total. The lowest BCUT2D eigenvalue weighted by molar-refractivity contribution is 0.386. The Balaban J connectivity index is 1.95. The van der Waals surface area contributed by atoms with Gasteiger partial charge in [0.05, 0.1) is 31.2 Å². The van der Waals surface area contributed by atoms with E-state index in [-0.39, 0.29) is 0 Å². The van der Waals surface area contributed by atoms with E-state index in [1.54, 1.807) is 0 Å². The molecule has 0 fully saturated rings. The van der Waals surface area contributed by atoms with Gasteiger partial charge >= 0.3 is 0 Å². The van der Waals surface area contributed by atoms with Gasteiger partial charge < -0.3 is 10.2 Å². The molecule has 0 unspecified atom stereocenters. The number of aromatic nitrogens is 2. The summed E-state index contributed by atoms with van der Waals surface area (Å²) >= 11 is 6.53. The molecule has 6 heteroatoms. The second-order valence-electron chi connectivity index (χ2n) is 7.20. The number of rotatable bonds is 5. The van der Waals surface area contributed by atoms with E-state index in [0.29, 0.717) is 27.6 Å². The number of halogens is 1. The zero-order valence-electron chi connectivity index (χ0n) is 15.4. The maximum Gasteiger partial charge on any atom is 0.240 e. The van der Waals surface area contributed by atoms with Crippen LogP contribution in [0, 0.1) is 0 Å². The highest BCUT2D eigenvalue weighted by molar-refractivity contribution is 6.36. The molecule has 138 valence electrons. The number of hydrogen-bond donors (Lipinski definition) is 1. The molecule has 2 aromatic heterocycles. The van der Waals surface area contributed by atoms with Gasteiger partial charge in [-0.3, -0.25) is 4.48 Å². The minimum Gasteiger partial charge on any atom is -0.453 e. The molecule has 2 heterocycles. The predicted octanol–water partition coefficient (Wildman–Crippen LogP) is 4.61. The summed E-state index contributed by atoms with van der Waals surface area (Å²) < 4.78 is 6.56. The second kappa shape index (κ2) is 6.93. The molecule has 4 rings (SSSR count). The molecule has 0 aliphatic rings. The first-order valence-corrected chi connectivity index (χ1v) is 9.36. The van der Waals surface area contributed by atoms with Crippen LogP contribution in [-0.2, 0) is 0 Å². The first kappa shape index (κ1) is 17.9. The number of furan rings is 1. The molecule has 0 spiro atoms. The fourth-order valence-corrected chi connectivity index (χ4v) is 3.61. The van der Waals surface area contributed by atoms with Crippen LogP contribution in [0.2, 0.25) is 5.02 Å². The highest BCUT2D eigenvalue weighted by atomic mass is 35.5. The molecule has 0 aliphatic heterocycles. The summed E-state index contributed by atoms with van der Waals surface area (Å²) in [4.78, 5) is 9.63. The van der Waals surface area contributed by atoms with Crippen molar-refractivity contribution in [3.63, 3.8) is 0 Å². The Hall–Kier alpha value is -2.47. The van der Waals surface area contributed by atoms with Crippen LogP contribution in [0.3, 0.4) is 0 Å². The number of nitrogens with zero attached hydrogens (tertiary/aromatic N) is 3. The summed E-state index contributed by atoms with van der Waals surface area (Å²) in [7, 11) is 4.23. The molecular formula is C21H22ClN4O+. The summed E-state index contributed by atoms with van der Waals surface area (Å²) in [6.45, 7) is 1.49. The Kier molecular flexibility index (Phi) is 4.60. The van der Waals surface area contributed by atoms with E-state index in [4.69, 9.17) is 31.7 Å². The van der Waals surface area contributed by atoms with Gasteiger partial charge in [0.2, 0.25) is 11.6 Å². The molecule has 0 atom stereocenters. The Morgan fingerprint density at radius 2 is 1.89 bits per heavy atom. The fourth-order valence-electron chi connectivity index (χ4n) is 3.36. The van der Waals surface area contributed by atoms with E-state index in [9.17, 15) is 0 Å². The zero-order chi connectivity index (χ0) is 19.0. The first-order valence-electron chi connectivity index (χ1n) is 8.98. The molecule has 0 saturated heterocycles. The maximum atomic E-state index is 6.53. The maximum absolute atomic E-state index is 6.53. The number of benzene rings is 2. The fraction of sp³-hybridized carbons (Fsp3) is 0.238. The van der Waals surface area contributed by atoms with Crippen LogP contribution in [0.5, 0.6) is 0 Å². The van der Waals surface area contributed by atoms with E-state index in [0.717, 1.165) is 40.7 Å². The van der Waals surface area contributed by atoms with Crippen molar-refractivity contribution in [2.75, 3.05) is 27.2 Å². The van der Waals surface area contributed by atoms with E-state index >= 15 is 0 Å². The van der Waals surface area contributed by atoms with Crippen LogP contribution in [0.15, 0.2) is 52.9 Å². The van der Waals surface area contributed by atoms with E-state index in [2.05, 4.69) is 14.1 Å². The second-order valence-corrected chi connectivity index (χ2v) is 7.61. The van der Waals surface area contributed by atoms with Crippen LogP contribution in [0.1, 0.15) is 6.42 Å². The monoisotopic (exact) mass is 381 g/mol. The zero-order valence-corrected chi connectivity index (χ0v) is 16.2. The number of para-hydroxylation sites is 1. The minimum atomic E-state index is 0.563. The standard InChI is InChI=1S/C21H22ClN4O/c1-26(2,12-6-11-23)21-19-15(22)8-5-9-16(19)24-20(25-21)18-13-14-7-3-4-10-17(14)27-18/h3-5,7-10,13H,6,11-12,23H2,1-2H3/q+1.